The van der Waals surface area contributed by atoms with Gasteiger partial charge in [0.15, 0.2) is 4.67 Å². The lowest BCUT2D eigenvalue weighted by molar-refractivity contribution is 0.432. The van der Waals surface area contributed by atoms with Crippen LogP contribution in [0.1, 0.15) is 46.3 Å². The van der Waals surface area contributed by atoms with E-state index in [4.69, 9.17) is 4.42 Å². The van der Waals surface area contributed by atoms with Crippen LogP contribution in [0.4, 0.5) is 0 Å². The van der Waals surface area contributed by atoms with E-state index in [0.29, 0.717) is 12.3 Å². The Balaban J connectivity index is 2.83. The SMILES string of the molecule is CCCNCc1cc(S(=O)(=O)NC(C)C(C)CC)c(Br)o1. The van der Waals surface area contributed by atoms with Gasteiger partial charge in [0.05, 0.1) is 6.54 Å². The first-order valence-electron chi connectivity index (χ1n) is 7.33. The molecule has 0 amide bonds. The zero-order valence-corrected chi connectivity index (χ0v) is 15.5. The van der Waals surface area contributed by atoms with Crippen LogP contribution in [0.5, 0.6) is 0 Å². The average Bonchev–Trinajstić information content (AvgIpc) is 2.79. The van der Waals surface area contributed by atoms with Crippen molar-refractivity contribution in [2.75, 3.05) is 6.54 Å². The van der Waals surface area contributed by atoms with Crippen molar-refractivity contribution < 1.29 is 12.8 Å². The van der Waals surface area contributed by atoms with Gasteiger partial charge in [0.25, 0.3) is 0 Å². The maximum atomic E-state index is 12.4. The molecule has 0 aliphatic heterocycles. The topological polar surface area (TPSA) is 71.3 Å². The Labute approximate surface area is 136 Å². The molecule has 0 aromatic carbocycles. The number of rotatable bonds is 9. The lowest BCUT2D eigenvalue weighted by atomic mass is 10.0. The third-order valence-corrected chi connectivity index (χ3v) is 5.98. The second-order valence-electron chi connectivity index (χ2n) is 5.32. The van der Waals surface area contributed by atoms with E-state index in [2.05, 4.69) is 32.9 Å². The summed E-state index contributed by atoms with van der Waals surface area (Å²) in [5.74, 6) is 0.878. The number of halogens is 1. The van der Waals surface area contributed by atoms with Crippen molar-refractivity contribution in [3.05, 3.63) is 16.5 Å². The van der Waals surface area contributed by atoms with Crippen molar-refractivity contribution in [2.24, 2.45) is 5.92 Å². The van der Waals surface area contributed by atoms with Gasteiger partial charge in [0.2, 0.25) is 10.0 Å². The molecule has 1 aromatic rings. The standard InChI is InChI=1S/C14H25BrN2O3S/c1-5-7-16-9-12-8-13(14(15)20-12)21(18,19)17-11(4)10(3)6-2/h8,10-11,16-17H,5-7,9H2,1-4H3. The summed E-state index contributed by atoms with van der Waals surface area (Å²) in [5.41, 5.74) is 0. The molecule has 122 valence electrons. The van der Waals surface area contributed by atoms with E-state index < -0.39 is 10.0 Å². The van der Waals surface area contributed by atoms with E-state index in [-0.39, 0.29) is 21.5 Å². The van der Waals surface area contributed by atoms with Crippen molar-refractivity contribution in [3.63, 3.8) is 0 Å². The van der Waals surface area contributed by atoms with E-state index in [1.807, 2.05) is 20.8 Å². The van der Waals surface area contributed by atoms with Crippen LogP contribution >= 0.6 is 15.9 Å². The van der Waals surface area contributed by atoms with Crippen LogP contribution in [0.15, 0.2) is 20.0 Å². The highest BCUT2D eigenvalue weighted by Crippen LogP contribution is 2.26. The highest BCUT2D eigenvalue weighted by Gasteiger charge is 2.25. The quantitative estimate of drug-likeness (QED) is 0.644. The molecule has 2 atom stereocenters. The molecule has 0 aliphatic carbocycles. The Hall–Kier alpha value is -0.370. The van der Waals surface area contributed by atoms with Gasteiger partial charge in [-0.2, -0.15) is 0 Å². The van der Waals surface area contributed by atoms with Gasteiger partial charge in [-0.15, -0.1) is 0 Å². The molecule has 7 heteroatoms. The summed E-state index contributed by atoms with van der Waals surface area (Å²) in [6.07, 6.45) is 1.93. The fourth-order valence-corrected chi connectivity index (χ4v) is 4.18. The summed E-state index contributed by atoms with van der Waals surface area (Å²) in [6.45, 7) is 9.40. The second kappa shape index (κ2) is 8.31. The summed E-state index contributed by atoms with van der Waals surface area (Å²) < 4.78 is 33.2. The molecule has 0 saturated carbocycles. The highest BCUT2D eigenvalue weighted by molar-refractivity contribution is 9.10. The van der Waals surface area contributed by atoms with Crippen LogP contribution in [0.2, 0.25) is 0 Å². The molecular formula is C14H25BrN2O3S. The number of sulfonamides is 1. The summed E-state index contributed by atoms with van der Waals surface area (Å²) in [5, 5.41) is 3.18. The van der Waals surface area contributed by atoms with Gasteiger partial charge in [0, 0.05) is 12.1 Å². The van der Waals surface area contributed by atoms with Crippen molar-refractivity contribution >= 4 is 26.0 Å². The van der Waals surface area contributed by atoms with E-state index >= 15 is 0 Å². The Morgan fingerprint density at radius 2 is 2.00 bits per heavy atom. The third kappa shape index (κ3) is 5.39. The van der Waals surface area contributed by atoms with Gasteiger partial charge >= 0.3 is 0 Å². The van der Waals surface area contributed by atoms with Gasteiger partial charge in [-0.05, 0) is 41.7 Å². The maximum Gasteiger partial charge on any atom is 0.245 e. The molecule has 0 radical (unpaired) electrons. The summed E-state index contributed by atoms with van der Waals surface area (Å²) in [7, 11) is -3.57. The zero-order valence-electron chi connectivity index (χ0n) is 13.1. The molecule has 0 bridgehead atoms. The van der Waals surface area contributed by atoms with Crippen molar-refractivity contribution in [2.45, 2.75) is 58.0 Å². The molecular weight excluding hydrogens is 356 g/mol. The van der Waals surface area contributed by atoms with Gasteiger partial charge < -0.3 is 9.73 Å². The van der Waals surface area contributed by atoms with Crippen LogP contribution in [0.25, 0.3) is 0 Å². The molecule has 1 heterocycles. The molecule has 1 rings (SSSR count). The molecule has 5 nitrogen and oxygen atoms in total. The lowest BCUT2D eigenvalue weighted by Crippen LogP contribution is -2.36. The van der Waals surface area contributed by atoms with E-state index in [1.165, 1.54) is 0 Å². The fraction of sp³-hybridized carbons (Fsp3) is 0.714. The van der Waals surface area contributed by atoms with E-state index in [1.54, 1.807) is 6.07 Å². The first-order valence-corrected chi connectivity index (χ1v) is 9.60. The largest absolute Gasteiger partial charge is 0.452 e. The summed E-state index contributed by atoms with van der Waals surface area (Å²) >= 11 is 3.19. The van der Waals surface area contributed by atoms with Gasteiger partial charge in [-0.1, -0.05) is 27.2 Å². The normalized spacial score (nSPS) is 15.1. The van der Waals surface area contributed by atoms with E-state index in [0.717, 1.165) is 19.4 Å². The molecule has 1 aromatic heterocycles. The minimum Gasteiger partial charge on any atom is -0.452 e. The molecule has 0 fully saturated rings. The van der Waals surface area contributed by atoms with Crippen LogP contribution in [-0.2, 0) is 16.6 Å². The molecule has 0 saturated heterocycles. The molecule has 2 N–H and O–H groups in total. The predicted octanol–water partition coefficient (Wildman–Crippen LogP) is 3.25. The second-order valence-corrected chi connectivity index (χ2v) is 7.73. The number of hydrogen-bond donors (Lipinski definition) is 2. The van der Waals surface area contributed by atoms with Crippen LogP contribution in [-0.4, -0.2) is 21.0 Å². The summed E-state index contributed by atoms with van der Waals surface area (Å²) in [4.78, 5) is 0.158. The van der Waals surface area contributed by atoms with Crippen molar-refractivity contribution in [3.8, 4) is 0 Å². The average molecular weight is 381 g/mol. The molecule has 0 aliphatic rings. The molecule has 2 unspecified atom stereocenters. The zero-order chi connectivity index (χ0) is 16.0. The monoisotopic (exact) mass is 380 g/mol. The van der Waals surface area contributed by atoms with Crippen LogP contribution in [0, 0.1) is 5.92 Å². The Bertz CT molecular complexity index is 542. The smallest absolute Gasteiger partial charge is 0.245 e. The van der Waals surface area contributed by atoms with Crippen LogP contribution in [0.3, 0.4) is 0 Å². The van der Waals surface area contributed by atoms with Crippen molar-refractivity contribution in [1.82, 2.24) is 10.0 Å². The fourth-order valence-electron chi connectivity index (χ4n) is 1.83. The highest BCUT2D eigenvalue weighted by atomic mass is 79.9. The lowest BCUT2D eigenvalue weighted by Gasteiger charge is -2.19. The first kappa shape index (κ1) is 18.7. The number of nitrogens with one attached hydrogen (secondary N) is 2. The predicted molar refractivity (Wildman–Crippen MR) is 87.6 cm³/mol. The minimum atomic E-state index is -3.57. The van der Waals surface area contributed by atoms with Gasteiger partial charge in [0.1, 0.15) is 10.7 Å². The maximum absolute atomic E-state index is 12.4. The Morgan fingerprint density at radius 1 is 1.33 bits per heavy atom. The summed E-state index contributed by atoms with van der Waals surface area (Å²) in [6, 6.07) is 1.45. The van der Waals surface area contributed by atoms with Crippen molar-refractivity contribution in [1.29, 1.82) is 0 Å². The molecule has 21 heavy (non-hydrogen) atoms. The minimum absolute atomic E-state index is 0.122. The van der Waals surface area contributed by atoms with Gasteiger partial charge in [-0.3, -0.25) is 0 Å². The Kier molecular flexibility index (Phi) is 7.39. The number of furan rings is 1. The van der Waals surface area contributed by atoms with E-state index in [9.17, 15) is 8.42 Å². The van der Waals surface area contributed by atoms with Gasteiger partial charge in [-0.25, -0.2) is 13.1 Å². The third-order valence-electron chi connectivity index (χ3n) is 3.56. The first-order chi connectivity index (χ1) is 9.81. The molecule has 0 spiro atoms. The number of hydrogen-bond acceptors (Lipinski definition) is 4. The Morgan fingerprint density at radius 3 is 2.57 bits per heavy atom. The van der Waals surface area contributed by atoms with Crippen LogP contribution < -0.4 is 10.0 Å².